The van der Waals surface area contributed by atoms with Crippen molar-refractivity contribution < 1.29 is 14.7 Å². The van der Waals surface area contributed by atoms with Crippen molar-refractivity contribution in [3.63, 3.8) is 0 Å². The minimum Gasteiger partial charge on any atom is -0.480 e. The zero-order chi connectivity index (χ0) is 14.6. The van der Waals surface area contributed by atoms with Gasteiger partial charge in [0.25, 0.3) is 0 Å². The maximum absolute atomic E-state index is 12.4. The van der Waals surface area contributed by atoms with Crippen molar-refractivity contribution in [2.45, 2.75) is 44.2 Å². The number of aliphatic carboxylic acids is 1. The van der Waals surface area contributed by atoms with Crippen LogP contribution >= 0.6 is 0 Å². The van der Waals surface area contributed by atoms with E-state index in [1.165, 1.54) is 6.33 Å². The van der Waals surface area contributed by atoms with E-state index in [0.29, 0.717) is 12.1 Å². The van der Waals surface area contributed by atoms with E-state index < -0.39 is 17.6 Å². The Morgan fingerprint density at radius 2 is 2.40 bits per heavy atom. The van der Waals surface area contributed by atoms with Gasteiger partial charge in [-0.2, -0.15) is 0 Å². The quantitative estimate of drug-likeness (QED) is 0.589. The van der Waals surface area contributed by atoms with Crippen molar-refractivity contribution in [1.82, 2.24) is 20.6 Å². The predicted octanol–water partition coefficient (Wildman–Crippen LogP) is 0.0538. The zero-order valence-electron chi connectivity index (χ0n) is 11.5. The van der Waals surface area contributed by atoms with Crippen LogP contribution in [0.3, 0.4) is 0 Å². The summed E-state index contributed by atoms with van der Waals surface area (Å²) in [6.45, 7) is 2.72. The lowest BCUT2D eigenvalue weighted by Crippen LogP contribution is -2.57. The summed E-state index contributed by atoms with van der Waals surface area (Å²) in [7, 11) is 0. The second-order valence-corrected chi connectivity index (χ2v) is 5.11. The number of carbonyl (C=O) groups is 2. The molecule has 4 N–H and O–H groups in total. The van der Waals surface area contributed by atoms with Crippen LogP contribution in [0.15, 0.2) is 12.5 Å². The molecule has 1 aliphatic rings. The van der Waals surface area contributed by atoms with Crippen LogP contribution in [0, 0.1) is 0 Å². The van der Waals surface area contributed by atoms with E-state index in [1.807, 2.05) is 6.92 Å². The first-order chi connectivity index (χ1) is 9.57. The second kappa shape index (κ2) is 6.04. The highest BCUT2D eigenvalue weighted by Crippen LogP contribution is 2.23. The maximum Gasteiger partial charge on any atom is 0.326 e. The Balaban J connectivity index is 2.04. The average molecular weight is 280 g/mol. The van der Waals surface area contributed by atoms with Gasteiger partial charge in [0, 0.05) is 18.3 Å². The Morgan fingerprint density at radius 3 is 2.90 bits per heavy atom. The minimum atomic E-state index is -1.04. The van der Waals surface area contributed by atoms with Crippen LogP contribution in [-0.2, 0) is 16.0 Å². The third-order valence-corrected chi connectivity index (χ3v) is 3.86. The smallest absolute Gasteiger partial charge is 0.326 e. The summed E-state index contributed by atoms with van der Waals surface area (Å²) in [6.07, 6.45) is 5.56. The maximum atomic E-state index is 12.4. The van der Waals surface area contributed by atoms with E-state index >= 15 is 0 Å². The van der Waals surface area contributed by atoms with Crippen molar-refractivity contribution in [1.29, 1.82) is 0 Å². The van der Waals surface area contributed by atoms with Crippen LogP contribution in [0.2, 0.25) is 0 Å². The van der Waals surface area contributed by atoms with Gasteiger partial charge in [-0.3, -0.25) is 4.79 Å². The molecule has 0 aliphatic carbocycles. The molecule has 110 valence electrons. The molecular formula is C13H20N4O3. The molecule has 2 rings (SSSR count). The lowest BCUT2D eigenvalue weighted by Gasteiger charge is -2.28. The molecule has 7 nitrogen and oxygen atoms in total. The number of nitrogens with zero attached hydrogens (tertiary/aromatic N) is 1. The molecule has 1 unspecified atom stereocenters. The fourth-order valence-electron chi connectivity index (χ4n) is 2.58. The lowest BCUT2D eigenvalue weighted by molar-refractivity contribution is -0.142. The van der Waals surface area contributed by atoms with E-state index in [-0.39, 0.29) is 12.3 Å². The number of nitrogens with one attached hydrogen (secondary N) is 3. The van der Waals surface area contributed by atoms with Crippen LogP contribution in [0.1, 0.15) is 31.9 Å². The first kappa shape index (κ1) is 14.5. The van der Waals surface area contributed by atoms with Crippen LogP contribution in [-0.4, -0.2) is 45.1 Å². The van der Waals surface area contributed by atoms with Gasteiger partial charge in [-0.25, -0.2) is 9.78 Å². The molecule has 0 radical (unpaired) electrons. The Hall–Kier alpha value is -1.89. The van der Waals surface area contributed by atoms with Gasteiger partial charge >= 0.3 is 5.97 Å². The summed E-state index contributed by atoms with van der Waals surface area (Å²) in [5.41, 5.74) is 0.0597. The summed E-state index contributed by atoms with van der Waals surface area (Å²) in [5.74, 6) is -1.28. The number of aromatic nitrogens is 2. The van der Waals surface area contributed by atoms with Crippen LogP contribution in [0.25, 0.3) is 0 Å². The molecule has 0 bridgehead atoms. The van der Waals surface area contributed by atoms with E-state index in [1.54, 1.807) is 6.20 Å². The Bertz CT molecular complexity index is 466. The van der Waals surface area contributed by atoms with Crippen LogP contribution in [0.4, 0.5) is 0 Å². The molecule has 1 amide bonds. The first-order valence-corrected chi connectivity index (χ1v) is 6.83. The van der Waals surface area contributed by atoms with Gasteiger partial charge in [-0.15, -0.1) is 0 Å². The van der Waals surface area contributed by atoms with Crippen molar-refractivity contribution in [2.24, 2.45) is 0 Å². The van der Waals surface area contributed by atoms with Gasteiger partial charge in [0.1, 0.15) is 6.04 Å². The molecular weight excluding hydrogens is 260 g/mol. The molecule has 1 aliphatic heterocycles. The highest BCUT2D eigenvalue weighted by atomic mass is 16.4. The van der Waals surface area contributed by atoms with Gasteiger partial charge in [0.2, 0.25) is 5.91 Å². The van der Waals surface area contributed by atoms with Gasteiger partial charge in [0.15, 0.2) is 0 Å². The molecule has 7 heteroatoms. The highest BCUT2D eigenvalue weighted by molar-refractivity contribution is 5.90. The van der Waals surface area contributed by atoms with E-state index in [0.717, 1.165) is 19.4 Å². The number of H-pyrrole nitrogens is 1. The molecule has 2 heterocycles. The topological polar surface area (TPSA) is 107 Å². The number of imidazole rings is 1. The summed E-state index contributed by atoms with van der Waals surface area (Å²) in [6, 6.07) is -0.950. The average Bonchev–Trinajstić information content (AvgIpc) is 3.09. The van der Waals surface area contributed by atoms with Gasteiger partial charge in [-0.1, -0.05) is 6.92 Å². The van der Waals surface area contributed by atoms with Gasteiger partial charge < -0.3 is 20.7 Å². The monoisotopic (exact) mass is 280 g/mol. The molecule has 1 fully saturated rings. The van der Waals surface area contributed by atoms with Crippen LogP contribution in [0.5, 0.6) is 0 Å². The molecule has 20 heavy (non-hydrogen) atoms. The largest absolute Gasteiger partial charge is 0.480 e. The van der Waals surface area contributed by atoms with Crippen molar-refractivity contribution in [3.8, 4) is 0 Å². The van der Waals surface area contributed by atoms with Crippen LogP contribution < -0.4 is 10.6 Å². The van der Waals surface area contributed by atoms with Gasteiger partial charge in [0.05, 0.1) is 11.9 Å². The lowest BCUT2D eigenvalue weighted by atomic mass is 9.92. The zero-order valence-corrected chi connectivity index (χ0v) is 11.5. The molecule has 1 aromatic heterocycles. The molecule has 0 aromatic carbocycles. The molecule has 1 aromatic rings. The summed E-state index contributed by atoms with van der Waals surface area (Å²) >= 11 is 0. The SMILES string of the molecule is CCC1(C(=O)N[C@H](Cc2cnc[nH]2)C(=O)O)CCCN1. The number of amides is 1. The number of rotatable bonds is 6. The second-order valence-electron chi connectivity index (χ2n) is 5.11. The first-order valence-electron chi connectivity index (χ1n) is 6.83. The number of aromatic amines is 1. The normalized spacial score (nSPS) is 23.4. The van der Waals surface area contributed by atoms with Gasteiger partial charge in [-0.05, 0) is 25.8 Å². The summed E-state index contributed by atoms with van der Waals surface area (Å²) in [4.78, 5) is 30.4. The predicted molar refractivity (Wildman–Crippen MR) is 72.1 cm³/mol. The number of carbonyl (C=O) groups excluding carboxylic acids is 1. The van der Waals surface area contributed by atoms with Crippen molar-refractivity contribution in [3.05, 3.63) is 18.2 Å². The highest BCUT2D eigenvalue weighted by Gasteiger charge is 2.40. The number of carboxylic acid groups (broad SMARTS) is 1. The Morgan fingerprint density at radius 1 is 1.60 bits per heavy atom. The minimum absolute atomic E-state index is 0.195. The summed E-state index contributed by atoms with van der Waals surface area (Å²) in [5, 5.41) is 15.1. The third kappa shape index (κ3) is 2.98. The van der Waals surface area contributed by atoms with E-state index in [9.17, 15) is 14.7 Å². The Labute approximate surface area is 117 Å². The molecule has 2 atom stereocenters. The third-order valence-electron chi connectivity index (χ3n) is 3.86. The number of carboxylic acids is 1. The van der Waals surface area contributed by atoms with E-state index in [2.05, 4.69) is 20.6 Å². The summed E-state index contributed by atoms with van der Waals surface area (Å²) < 4.78 is 0. The molecule has 0 saturated carbocycles. The van der Waals surface area contributed by atoms with E-state index in [4.69, 9.17) is 0 Å². The number of hydrogen-bond acceptors (Lipinski definition) is 4. The molecule has 0 spiro atoms. The van der Waals surface area contributed by atoms with Crippen molar-refractivity contribution in [2.75, 3.05) is 6.54 Å². The van der Waals surface area contributed by atoms with Crippen molar-refractivity contribution >= 4 is 11.9 Å². The Kier molecular flexibility index (Phi) is 4.39. The fourth-order valence-corrected chi connectivity index (χ4v) is 2.58. The molecule has 1 saturated heterocycles. The fraction of sp³-hybridized carbons (Fsp3) is 0.615. The number of hydrogen-bond donors (Lipinski definition) is 4. The standard InChI is InChI=1S/C13H20N4O3/c1-2-13(4-3-5-16-13)12(20)17-10(11(18)19)6-9-7-14-8-15-9/h7-8,10,16H,2-6H2,1H3,(H,14,15)(H,17,20)(H,18,19)/t10-,13?/m1/s1.